The van der Waals surface area contributed by atoms with E-state index in [9.17, 15) is 34.2 Å². The first-order valence-corrected chi connectivity index (χ1v) is 13.6. The Hall–Kier alpha value is -3.96. The van der Waals surface area contributed by atoms with Crippen molar-refractivity contribution in [1.29, 1.82) is 0 Å². The molecule has 1 fully saturated rings. The number of thiazole rings is 1. The molecule has 4 N–H and O–H groups in total. The third-order valence-electron chi connectivity index (χ3n) is 5.50. The van der Waals surface area contributed by atoms with Gasteiger partial charge in [0.1, 0.15) is 29.4 Å². The van der Waals surface area contributed by atoms with E-state index in [1.807, 2.05) is 0 Å². The van der Waals surface area contributed by atoms with E-state index in [1.165, 1.54) is 23.2 Å². The Balaban J connectivity index is 1.71. The number of carbonyl (C=O) groups is 5. The summed E-state index contributed by atoms with van der Waals surface area (Å²) in [6.07, 6.45) is -0.137. The fourth-order valence-electron chi connectivity index (χ4n) is 3.92. The van der Waals surface area contributed by atoms with Crippen LogP contribution in [-0.2, 0) is 33.5 Å². The fraction of sp³-hybridized carbons (Fsp3) is 0.435. The third kappa shape index (κ3) is 7.36. The van der Waals surface area contributed by atoms with Gasteiger partial charge in [0.25, 0.3) is 11.8 Å². The van der Waals surface area contributed by atoms with Crippen molar-refractivity contribution in [3.05, 3.63) is 35.0 Å². The molecule has 1 aromatic rings. The SMILES string of the molecule is C=CC1=C(C(=O)O)N2C(=O)[C@@H](NC(=O)/C(=N\OCC(=O)OC(CC(=O)[O-])C[N+](C)(C)C)c3csc(N)n3)[C@H]2SC1. The van der Waals surface area contributed by atoms with Crippen LogP contribution < -0.4 is 16.2 Å². The lowest BCUT2D eigenvalue weighted by molar-refractivity contribution is -0.873. The van der Waals surface area contributed by atoms with Crippen LogP contribution in [0, 0.1) is 0 Å². The highest BCUT2D eigenvalue weighted by Gasteiger charge is 2.54. The molecule has 0 aromatic carbocycles. The molecule has 1 aromatic heterocycles. The van der Waals surface area contributed by atoms with Crippen molar-refractivity contribution in [2.75, 3.05) is 45.8 Å². The number of carbonyl (C=O) groups excluding carboxylic acids is 4. The van der Waals surface area contributed by atoms with Crippen LogP contribution in [0.1, 0.15) is 12.1 Å². The lowest BCUT2D eigenvalue weighted by Gasteiger charge is -2.49. The molecule has 0 saturated carbocycles. The van der Waals surface area contributed by atoms with Crippen LogP contribution in [0.4, 0.5) is 5.13 Å². The molecule has 40 heavy (non-hydrogen) atoms. The summed E-state index contributed by atoms with van der Waals surface area (Å²) in [7, 11) is 5.36. The summed E-state index contributed by atoms with van der Waals surface area (Å²) in [5.41, 5.74) is 5.48. The van der Waals surface area contributed by atoms with Crippen molar-refractivity contribution in [2.45, 2.75) is 23.9 Å². The number of likely N-dealkylation sites (N-methyl/N-ethyl adjacent to an activating group) is 1. The Morgan fingerprint density at radius 1 is 1.40 bits per heavy atom. The predicted octanol–water partition coefficient (Wildman–Crippen LogP) is -1.87. The van der Waals surface area contributed by atoms with Gasteiger partial charge in [0.2, 0.25) is 6.61 Å². The number of aliphatic carboxylic acids is 2. The number of quaternary nitrogens is 1. The number of nitrogens with one attached hydrogen (secondary N) is 1. The average molecular weight is 597 g/mol. The zero-order valence-electron chi connectivity index (χ0n) is 21.8. The summed E-state index contributed by atoms with van der Waals surface area (Å²) >= 11 is 2.26. The maximum absolute atomic E-state index is 13.1. The Morgan fingerprint density at radius 2 is 2.10 bits per heavy atom. The first kappa shape index (κ1) is 30.6. The number of hydrogen-bond donors (Lipinski definition) is 3. The van der Waals surface area contributed by atoms with E-state index in [1.54, 1.807) is 21.1 Å². The zero-order valence-corrected chi connectivity index (χ0v) is 23.5. The second-order valence-electron chi connectivity index (χ2n) is 9.69. The number of nitrogens with two attached hydrogens (primary N) is 1. The van der Waals surface area contributed by atoms with Crippen LogP contribution >= 0.6 is 23.1 Å². The van der Waals surface area contributed by atoms with Crippen molar-refractivity contribution in [3.8, 4) is 0 Å². The van der Waals surface area contributed by atoms with E-state index in [2.05, 4.69) is 22.0 Å². The summed E-state index contributed by atoms with van der Waals surface area (Å²) in [5, 5.41) is 27.7. The highest BCUT2D eigenvalue weighted by molar-refractivity contribution is 8.00. The van der Waals surface area contributed by atoms with Crippen molar-refractivity contribution < 1.29 is 48.2 Å². The van der Waals surface area contributed by atoms with Crippen LogP contribution in [0.2, 0.25) is 0 Å². The molecule has 3 heterocycles. The number of thioether (sulfide) groups is 1. The monoisotopic (exact) mass is 596 g/mol. The molecule has 0 bridgehead atoms. The lowest BCUT2D eigenvalue weighted by atomic mass is 10.0. The van der Waals surface area contributed by atoms with Crippen molar-refractivity contribution in [1.82, 2.24) is 15.2 Å². The van der Waals surface area contributed by atoms with E-state index < -0.39 is 66.0 Å². The fourth-order valence-corrected chi connectivity index (χ4v) is 5.81. The molecule has 2 amide bonds. The molecule has 3 atom stereocenters. The maximum Gasteiger partial charge on any atom is 0.352 e. The molecule has 0 spiro atoms. The van der Waals surface area contributed by atoms with Crippen molar-refractivity contribution in [3.63, 3.8) is 0 Å². The number of fused-ring (bicyclic) bond motifs is 1. The van der Waals surface area contributed by atoms with Gasteiger partial charge in [0.15, 0.2) is 16.9 Å². The smallest absolute Gasteiger partial charge is 0.352 e. The van der Waals surface area contributed by atoms with Gasteiger partial charge in [-0.3, -0.25) is 14.5 Å². The number of nitrogens with zero attached hydrogens (tertiary/aromatic N) is 4. The van der Waals surface area contributed by atoms with E-state index >= 15 is 0 Å². The number of anilines is 1. The minimum atomic E-state index is -1.39. The molecule has 1 saturated heterocycles. The lowest BCUT2D eigenvalue weighted by Crippen LogP contribution is -2.71. The summed E-state index contributed by atoms with van der Waals surface area (Å²) in [5.74, 6) is -4.87. The molecule has 17 heteroatoms. The Bertz CT molecular complexity index is 1290. The Kier molecular flexibility index (Phi) is 9.54. The number of amides is 2. The quantitative estimate of drug-likeness (QED) is 0.0751. The number of aromatic nitrogens is 1. The molecule has 3 rings (SSSR count). The maximum atomic E-state index is 13.1. The van der Waals surface area contributed by atoms with Crippen LogP contribution in [0.25, 0.3) is 0 Å². The number of allylic oxidation sites excluding steroid dienone is 1. The first-order valence-electron chi connectivity index (χ1n) is 11.7. The second kappa shape index (κ2) is 12.5. The number of oxime groups is 1. The number of ether oxygens (including phenoxy) is 1. The van der Waals surface area contributed by atoms with Gasteiger partial charge >= 0.3 is 11.9 Å². The Labute approximate surface area is 236 Å². The molecular weight excluding hydrogens is 568 g/mol. The van der Waals surface area contributed by atoms with Crippen LogP contribution in [0.3, 0.4) is 0 Å². The van der Waals surface area contributed by atoms with Crippen LogP contribution in [-0.4, -0.2) is 112 Å². The molecule has 0 radical (unpaired) electrons. The molecule has 15 nitrogen and oxygen atoms in total. The molecule has 1 unspecified atom stereocenters. The average Bonchev–Trinajstić information content (AvgIpc) is 3.27. The molecule has 0 aliphatic carbocycles. The molecule has 216 valence electrons. The van der Waals surface area contributed by atoms with Gasteiger partial charge in [0.05, 0.1) is 21.1 Å². The normalized spacial score (nSPS) is 19.7. The number of esters is 1. The largest absolute Gasteiger partial charge is 0.550 e. The predicted molar refractivity (Wildman–Crippen MR) is 141 cm³/mol. The van der Waals surface area contributed by atoms with E-state index in [0.717, 1.165) is 16.2 Å². The number of carboxylic acid groups (broad SMARTS) is 2. The van der Waals surface area contributed by atoms with Gasteiger partial charge in [-0.2, -0.15) is 0 Å². The number of carboxylic acids is 2. The van der Waals surface area contributed by atoms with Gasteiger partial charge in [-0.15, -0.1) is 23.1 Å². The standard InChI is InChI=1S/C23H28N6O9S2/c1-5-11-9-39-21-17(20(34)28(21)18(11)22(35)36)26-19(33)16(13-10-40-23(24)25-13)27-37-8-15(32)38-12(6-14(30)31)7-29(2,3)4/h5,10,12,17,21H,1,6-9H2,2-4H3,(H4-,24,25,26,30,31,33,35,36)/b27-16-/t12?,17-,21-/m1/s1. The van der Waals surface area contributed by atoms with Gasteiger partial charge in [-0.1, -0.05) is 17.8 Å². The first-order chi connectivity index (χ1) is 18.7. The van der Waals surface area contributed by atoms with E-state index in [4.69, 9.17) is 15.3 Å². The third-order valence-corrected chi connectivity index (χ3v) is 7.47. The molecule has 2 aliphatic rings. The summed E-state index contributed by atoms with van der Waals surface area (Å²) in [6, 6.07) is -1.06. The molecular formula is C23H28N6O9S2. The zero-order chi connectivity index (χ0) is 29.8. The highest BCUT2D eigenvalue weighted by atomic mass is 32.2. The van der Waals surface area contributed by atoms with Crippen molar-refractivity contribution >= 4 is 63.7 Å². The second-order valence-corrected chi connectivity index (χ2v) is 11.7. The van der Waals surface area contributed by atoms with E-state index in [-0.39, 0.29) is 28.8 Å². The number of nitrogen functional groups attached to an aromatic ring is 1. The summed E-state index contributed by atoms with van der Waals surface area (Å²) in [4.78, 5) is 71.1. The van der Waals surface area contributed by atoms with Crippen molar-refractivity contribution in [2.24, 2.45) is 5.16 Å². The van der Waals surface area contributed by atoms with Crippen LogP contribution in [0.5, 0.6) is 0 Å². The summed E-state index contributed by atoms with van der Waals surface area (Å²) in [6.45, 7) is 3.01. The topological polar surface area (TPSA) is 214 Å². The molecule has 2 aliphatic heterocycles. The van der Waals surface area contributed by atoms with Crippen LogP contribution in [0.15, 0.2) is 34.5 Å². The van der Waals surface area contributed by atoms with E-state index in [0.29, 0.717) is 10.1 Å². The van der Waals surface area contributed by atoms with Gasteiger partial charge in [0, 0.05) is 23.5 Å². The number of β-lactam (4-membered cyclic amide) rings is 1. The summed E-state index contributed by atoms with van der Waals surface area (Å²) < 4.78 is 5.50. The minimum Gasteiger partial charge on any atom is -0.550 e. The van der Waals surface area contributed by atoms with Gasteiger partial charge in [-0.05, 0) is 5.57 Å². The number of rotatable bonds is 13. The van der Waals surface area contributed by atoms with Gasteiger partial charge in [-0.25, -0.2) is 14.6 Å². The Morgan fingerprint density at radius 3 is 2.65 bits per heavy atom. The highest BCUT2D eigenvalue weighted by Crippen LogP contribution is 2.40. The number of hydrogen-bond acceptors (Lipinski definition) is 13. The minimum absolute atomic E-state index is 0.00761. The van der Waals surface area contributed by atoms with Gasteiger partial charge < -0.3 is 40.1 Å².